The van der Waals surface area contributed by atoms with Crippen LogP contribution in [0.1, 0.15) is 23.2 Å². The van der Waals surface area contributed by atoms with Crippen LogP contribution in [0.4, 0.5) is 4.39 Å². The third kappa shape index (κ3) is 7.19. The maximum atomic E-state index is 13.2. The number of aliphatic hydroxyl groups is 1. The highest BCUT2D eigenvalue weighted by Gasteiger charge is 2.31. The number of aliphatic hydroxyl groups excluding tert-OH is 1. The monoisotopic (exact) mass is 406 g/mol. The number of amides is 1. The van der Waals surface area contributed by atoms with Crippen LogP contribution >= 0.6 is 0 Å². The molecule has 1 N–H and O–H groups in total. The zero-order chi connectivity index (χ0) is 20.6. The molecule has 6 nitrogen and oxygen atoms in total. The second-order valence-corrected chi connectivity index (χ2v) is 7.89. The topological polar surface area (TPSA) is 62.2 Å². The first kappa shape index (κ1) is 21.9. The van der Waals surface area contributed by atoms with Gasteiger partial charge in [0.25, 0.3) is 5.91 Å². The van der Waals surface area contributed by atoms with Crippen molar-refractivity contribution in [2.75, 3.05) is 52.5 Å². The van der Waals surface area contributed by atoms with Crippen molar-refractivity contribution >= 4 is 5.91 Å². The quantitative estimate of drug-likeness (QED) is 0.450. The van der Waals surface area contributed by atoms with Crippen LogP contribution in [0.2, 0.25) is 0 Å². The zero-order valence-electron chi connectivity index (χ0n) is 16.8. The predicted molar refractivity (Wildman–Crippen MR) is 108 cm³/mol. The second-order valence-electron chi connectivity index (χ2n) is 7.89. The largest absolute Gasteiger partial charge is 0.389 e. The van der Waals surface area contributed by atoms with Crippen molar-refractivity contribution in [3.8, 4) is 0 Å². The van der Waals surface area contributed by atoms with E-state index in [0.717, 1.165) is 19.4 Å². The van der Waals surface area contributed by atoms with Gasteiger partial charge in [-0.1, -0.05) is 6.08 Å². The Bertz CT molecular complexity index is 665. The van der Waals surface area contributed by atoms with Crippen molar-refractivity contribution in [1.82, 2.24) is 9.80 Å². The molecule has 2 aliphatic rings. The van der Waals surface area contributed by atoms with E-state index in [4.69, 9.17) is 9.47 Å². The molecule has 0 bridgehead atoms. The number of halogens is 1. The van der Waals surface area contributed by atoms with Crippen molar-refractivity contribution < 1.29 is 23.8 Å². The Morgan fingerprint density at radius 2 is 2.14 bits per heavy atom. The van der Waals surface area contributed by atoms with Crippen molar-refractivity contribution in [2.45, 2.75) is 25.0 Å². The Balaban J connectivity index is 1.54. The van der Waals surface area contributed by atoms with Crippen LogP contribution in [0.15, 0.2) is 36.9 Å². The van der Waals surface area contributed by atoms with E-state index in [1.165, 1.54) is 24.3 Å². The molecule has 1 aliphatic carbocycles. The molecule has 0 unspecified atom stereocenters. The maximum Gasteiger partial charge on any atom is 0.253 e. The van der Waals surface area contributed by atoms with Crippen LogP contribution in [-0.4, -0.2) is 85.6 Å². The van der Waals surface area contributed by atoms with E-state index in [2.05, 4.69) is 11.5 Å². The van der Waals surface area contributed by atoms with Crippen molar-refractivity contribution in [3.63, 3.8) is 0 Å². The summed E-state index contributed by atoms with van der Waals surface area (Å²) in [6.07, 6.45) is 3.25. The van der Waals surface area contributed by atoms with Gasteiger partial charge in [-0.05, 0) is 43.0 Å². The molecule has 1 saturated heterocycles. The molecule has 2 atom stereocenters. The fraction of sp³-hybridized carbons (Fsp3) is 0.591. The number of hydrogen-bond donors (Lipinski definition) is 1. The van der Waals surface area contributed by atoms with Gasteiger partial charge in [0.05, 0.1) is 32.0 Å². The standard InChI is InChI=1S/C22H31FN2O4/c1-2-10-28-16-20(26)13-24-9-11-29-21(14-24)15-25(12-17-3-4-17)22(27)18-5-7-19(23)8-6-18/h2,5-8,17,20-21,26H,1,3-4,9-16H2/t20-,21+/m0/s1. The van der Waals surface area contributed by atoms with Gasteiger partial charge >= 0.3 is 0 Å². The molecule has 1 aromatic rings. The van der Waals surface area contributed by atoms with Gasteiger partial charge in [-0.2, -0.15) is 0 Å². The zero-order valence-corrected chi connectivity index (χ0v) is 16.8. The van der Waals surface area contributed by atoms with Crippen LogP contribution in [0, 0.1) is 11.7 Å². The number of ether oxygens (including phenoxy) is 2. The second kappa shape index (κ2) is 10.8. The number of hydrogen-bond acceptors (Lipinski definition) is 5. The van der Waals surface area contributed by atoms with Gasteiger partial charge in [0.15, 0.2) is 0 Å². The predicted octanol–water partition coefficient (Wildman–Crippen LogP) is 1.94. The number of β-amino-alcohol motifs (C(OH)–C–C–N with tert-alkyl or cyclic N) is 1. The van der Waals surface area contributed by atoms with E-state index in [1.54, 1.807) is 6.08 Å². The summed E-state index contributed by atoms with van der Waals surface area (Å²) >= 11 is 0. The lowest BCUT2D eigenvalue weighted by Crippen LogP contribution is -2.51. The first-order chi connectivity index (χ1) is 14.0. The summed E-state index contributed by atoms with van der Waals surface area (Å²) in [4.78, 5) is 17.0. The SMILES string of the molecule is C=CCOC[C@@H](O)CN1CCO[C@@H](CN(CC2CC2)C(=O)c2ccc(F)cc2)C1. The van der Waals surface area contributed by atoms with Crippen molar-refractivity contribution in [3.05, 3.63) is 48.3 Å². The van der Waals surface area contributed by atoms with E-state index in [0.29, 0.717) is 50.9 Å². The molecule has 0 spiro atoms. The summed E-state index contributed by atoms with van der Waals surface area (Å²) in [5.41, 5.74) is 0.495. The summed E-state index contributed by atoms with van der Waals surface area (Å²) in [7, 11) is 0. The highest BCUT2D eigenvalue weighted by molar-refractivity contribution is 5.94. The summed E-state index contributed by atoms with van der Waals surface area (Å²) in [6, 6.07) is 5.70. The number of rotatable bonds is 11. The number of carbonyl (C=O) groups is 1. The molecule has 3 rings (SSSR count). The first-order valence-electron chi connectivity index (χ1n) is 10.3. The number of carbonyl (C=O) groups excluding carboxylic acids is 1. The Labute approximate surface area is 171 Å². The first-order valence-corrected chi connectivity index (χ1v) is 10.3. The molecule has 7 heteroatoms. The molecule has 0 aromatic heterocycles. The smallest absolute Gasteiger partial charge is 0.253 e. The summed E-state index contributed by atoms with van der Waals surface area (Å²) in [5.74, 6) is 0.107. The molecule has 0 radical (unpaired) electrons. The molecule has 1 saturated carbocycles. The van der Waals surface area contributed by atoms with Gasteiger partial charge < -0.3 is 19.5 Å². The lowest BCUT2D eigenvalue weighted by atomic mass is 10.1. The minimum Gasteiger partial charge on any atom is -0.389 e. The Morgan fingerprint density at radius 3 is 2.83 bits per heavy atom. The highest BCUT2D eigenvalue weighted by Crippen LogP contribution is 2.30. The third-order valence-electron chi connectivity index (χ3n) is 5.22. The number of nitrogens with zero attached hydrogens (tertiary/aromatic N) is 2. The lowest BCUT2D eigenvalue weighted by molar-refractivity contribution is -0.0578. The molecule has 29 heavy (non-hydrogen) atoms. The van der Waals surface area contributed by atoms with Crippen LogP contribution in [0.5, 0.6) is 0 Å². The summed E-state index contributed by atoms with van der Waals surface area (Å²) in [5, 5.41) is 10.1. The Kier molecular flexibility index (Phi) is 8.18. The van der Waals surface area contributed by atoms with E-state index >= 15 is 0 Å². The average molecular weight is 406 g/mol. The van der Waals surface area contributed by atoms with Gasteiger partial charge in [-0.15, -0.1) is 6.58 Å². The minimum absolute atomic E-state index is 0.0875. The lowest BCUT2D eigenvalue weighted by Gasteiger charge is -2.36. The molecular formula is C22H31FN2O4. The average Bonchev–Trinajstić information content (AvgIpc) is 3.52. The van der Waals surface area contributed by atoms with Gasteiger partial charge in [0.2, 0.25) is 0 Å². The molecule has 2 fully saturated rings. The van der Waals surface area contributed by atoms with E-state index in [-0.39, 0.29) is 24.4 Å². The number of morpholine rings is 1. The summed E-state index contributed by atoms with van der Waals surface area (Å²) < 4.78 is 24.4. The Hall–Kier alpha value is -1.80. The van der Waals surface area contributed by atoms with Gasteiger partial charge in [0, 0.05) is 38.3 Å². The molecule has 160 valence electrons. The Morgan fingerprint density at radius 1 is 1.38 bits per heavy atom. The molecule has 1 aromatic carbocycles. The fourth-order valence-electron chi connectivity index (χ4n) is 3.57. The van der Waals surface area contributed by atoms with Crippen LogP contribution in [0.3, 0.4) is 0 Å². The molecule has 1 amide bonds. The van der Waals surface area contributed by atoms with E-state index in [9.17, 15) is 14.3 Å². The normalized spacial score (nSPS) is 21.0. The van der Waals surface area contributed by atoms with Crippen molar-refractivity contribution in [2.24, 2.45) is 5.92 Å². The van der Waals surface area contributed by atoms with E-state index < -0.39 is 6.10 Å². The highest BCUT2D eigenvalue weighted by atomic mass is 19.1. The fourth-order valence-corrected chi connectivity index (χ4v) is 3.57. The maximum absolute atomic E-state index is 13.2. The van der Waals surface area contributed by atoms with Gasteiger partial charge in [0.1, 0.15) is 5.82 Å². The molecule has 1 heterocycles. The van der Waals surface area contributed by atoms with E-state index in [1.807, 2.05) is 4.90 Å². The minimum atomic E-state index is -0.572. The molecular weight excluding hydrogens is 375 g/mol. The summed E-state index contributed by atoms with van der Waals surface area (Å²) in [6.45, 7) is 7.93. The van der Waals surface area contributed by atoms with Crippen LogP contribution < -0.4 is 0 Å². The van der Waals surface area contributed by atoms with Gasteiger partial charge in [-0.3, -0.25) is 9.69 Å². The number of benzene rings is 1. The van der Waals surface area contributed by atoms with Crippen molar-refractivity contribution in [1.29, 1.82) is 0 Å². The van der Waals surface area contributed by atoms with Crippen LogP contribution in [0.25, 0.3) is 0 Å². The molecule has 1 aliphatic heterocycles. The van der Waals surface area contributed by atoms with Gasteiger partial charge in [-0.25, -0.2) is 4.39 Å². The third-order valence-corrected chi connectivity index (χ3v) is 5.22. The van der Waals surface area contributed by atoms with Crippen LogP contribution in [-0.2, 0) is 9.47 Å².